The minimum atomic E-state index is -0.617. The SMILES string of the molecule is NC(=O)c1cc(F)ccc1NCCCNC1CC1. The Morgan fingerprint density at radius 1 is 1.39 bits per heavy atom. The summed E-state index contributed by atoms with van der Waals surface area (Å²) in [5.41, 5.74) is 6.00. The van der Waals surface area contributed by atoms with Gasteiger partial charge in [-0.3, -0.25) is 4.79 Å². The van der Waals surface area contributed by atoms with Gasteiger partial charge >= 0.3 is 0 Å². The Labute approximate surface area is 106 Å². The minimum absolute atomic E-state index is 0.199. The predicted molar refractivity (Wildman–Crippen MR) is 69.0 cm³/mol. The summed E-state index contributed by atoms with van der Waals surface area (Å²) in [4.78, 5) is 11.2. The van der Waals surface area contributed by atoms with Crippen LogP contribution in [-0.4, -0.2) is 25.0 Å². The molecule has 0 spiro atoms. The van der Waals surface area contributed by atoms with E-state index < -0.39 is 11.7 Å². The summed E-state index contributed by atoms with van der Waals surface area (Å²) in [7, 11) is 0. The van der Waals surface area contributed by atoms with Gasteiger partial charge in [0.25, 0.3) is 5.91 Å². The van der Waals surface area contributed by atoms with Crippen molar-refractivity contribution >= 4 is 11.6 Å². The summed E-state index contributed by atoms with van der Waals surface area (Å²) in [6.45, 7) is 1.68. The van der Waals surface area contributed by atoms with E-state index in [1.807, 2.05) is 0 Å². The van der Waals surface area contributed by atoms with E-state index in [1.54, 1.807) is 6.07 Å². The third-order valence-corrected chi connectivity index (χ3v) is 2.93. The Morgan fingerprint density at radius 3 is 2.83 bits per heavy atom. The first kappa shape index (κ1) is 12.8. The van der Waals surface area contributed by atoms with Gasteiger partial charge in [0.05, 0.1) is 5.56 Å². The van der Waals surface area contributed by atoms with Crippen LogP contribution in [0.5, 0.6) is 0 Å². The van der Waals surface area contributed by atoms with Crippen LogP contribution in [0.25, 0.3) is 0 Å². The molecule has 98 valence electrons. The number of halogens is 1. The van der Waals surface area contributed by atoms with Crippen molar-refractivity contribution < 1.29 is 9.18 Å². The van der Waals surface area contributed by atoms with Crippen LogP contribution in [0.2, 0.25) is 0 Å². The van der Waals surface area contributed by atoms with Crippen molar-refractivity contribution in [2.24, 2.45) is 5.73 Å². The highest BCUT2D eigenvalue weighted by Crippen LogP contribution is 2.18. The summed E-state index contributed by atoms with van der Waals surface area (Å²) in [6, 6.07) is 4.73. The van der Waals surface area contributed by atoms with E-state index in [4.69, 9.17) is 5.73 Å². The maximum Gasteiger partial charge on any atom is 0.250 e. The van der Waals surface area contributed by atoms with E-state index in [0.717, 1.165) is 25.6 Å². The van der Waals surface area contributed by atoms with Gasteiger partial charge in [-0.1, -0.05) is 0 Å². The second-order valence-electron chi connectivity index (χ2n) is 4.56. The molecule has 1 aromatic carbocycles. The molecule has 0 aromatic heterocycles. The normalized spacial score (nSPS) is 14.5. The summed E-state index contributed by atoms with van der Waals surface area (Å²) in [5.74, 6) is -1.07. The van der Waals surface area contributed by atoms with E-state index in [-0.39, 0.29) is 5.56 Å². The Bertz CT molecular complexity index is 432. The zero-order valence-corrected chi connectivity index (χ0v) is 10.2. The third kappa shape index (κ3) is 3.70. The molecular weight excluding hydrogens is 233 g/mol. The standard InChI is InChI=1S/C13H18FN3O/c14-9-2-5-12(11(8-9)13(15)18)17-7-1-6-16-10-3-4-10/h2,5,8,10,16-17H,1,3-4,6-7H2,(H2,15,18). The molecule has 5 heteroatoms. The molecule has 1 aliphatic rings. The van der Waals surface area contributed by atoms with Gasteiger partial charge in [0.2, 0.25) is 0 Å². The van der Waals surface area contributed by atoms with Crippen molar-refractivity contribution in [1.29, 1.82) is 0 Å². The molecule has 0 saturated heterocycles. The number of nitrogens with one attached hydrogen (secondary N) is 2. The van der Waals surface area contributed by atoms with Crippen LogP contribution in [0.3, 0.4) is 0 Å². The summed E-state index contributed by atoms with van der Waals surface area (Å²) in [5, 5.41) is 6.51. The molecule has 4 N–H and O–H groups in total. The Morgan fingerprint density at radius 2 is 2.17 bits per heavy atom. The molecule has 0 radical (unpaired) electrons. The molecule has 0 heterocycles. The lowest BCUT2D eigenvalue weighted by atomic mass is 10.1. The lowest BCUT2D eigenvalue weighted by Crippen LogP contribution is -2.21. The molecule has 1 saturated carbocycles. The van der Waals surface area contributed by atoms with Crippen molar-refractivity contribution in [1.82, 2.24) is 5.32 Å². The van der Waals surface area contributed by atoms with Gasteiger partial charge < -0.3 is 16.4 Å². The fourth-order valence-electron chi connectivity index (χ4n) is 1.78. The molecule has 1 aliphatic carbocycles. The molecule has 4 nitrogen and oxygen atoms in total. The number of carbonyl (C=O) groups excluding carboxylic acids is 1. The minimum Gasteiger partial charge on any atom is -0.384 e. The second-order valence-corrected chi connectivity index (χ2v) is 4.56. The molecule has 0 aliphatic heterocycles. The molecule has 1 fully saturated rings. The Kier molecular flexibility index (Phi) is 4.15. The number of hydrogen-bond donors (Lipinski definition) is 3. The summed E-state index contributed by atoms with van der Waals surface area (Å²) >= 11 is 0. The van der Waals surface area contributed by atoms with E-state index in [2.05, 4.69) is 10.6 Å². The van der Waals surface area contributed by atoms with Crippen LogP contribution >= 0.6 is 0 Å². The molecule has 1 aromatic rings. The molecule has 0 atom stereocenters. The highest BCUT2D eigenvalue weighted by Gasteiger charge is 2.19. The first-order valence-electron chi connectivity index (χ1n) is 6.23. The molecule has 2 rings (SSSR count). The Balaban J connectivity index is 1.81. The predicted octanol–water partition coefficient (Wildman–Crippen LogP) is 1.48. The highest BCUT2D eigenvalue weighted by atomic mass is 19.1. The van der Waals surface area contributed by atoms with Crippen molar-refractivity contribution in [2.45, 2.75) is 25.3 Å². The molecule has 0 bridgehead atoms. The number of hydrogen-bond acceptors (Lipinski definition) is 3. The number of benzene rings is 1. The van der Waals surface area contributed by atoms with Crippen LogP contribution in [0.15, 0.2) is 18.2 Å². The van der Waals surface area contributed by atoms with E-state index in [9.17, 15) is 9.18 Å². The largest absolute Gasteiger partial charge is 0.384 e. The lowest BCUT2D eigenvalue weighted by Gasteiger charge is -2.10. The molecule has 1 amide bonds. The zero-order chi connectivity index (χ0) is 13.0. The fraction of sp³-hybridized carbons (Fsp3) is 0.462. The van der Waals surface area contributed by atoms with Gasteiger partial charge in [-0.15, -0.1) is 0 Å². The van der Waals surface area contributed by atoms with Gasteiger partial charge in [-0.25, -0.2) is 4.39 Å². The number of rotatable bonds is 7. The average Bonchev–Trinajstić information content (AvgIpc) is 3.14. The van der Waals surface area contributed by atoms with Crippen LogP contribution in [0.1, 0.15) is 29.6 Å². The van der Waals surface area contributed by atoms with Gasteiger partial charge in [0.1, 0.15) is 5.82 Å². The first-order valence-corrected chi connectivity index (χ1v) is 6.23. The van der Waals surface area contributed by atoms with Gasteiger partial charge in [-0.2, -0.15) is 0 Å². The summed E-state index contributed by atoms with van der Waals surface area (Å²) in [6.07, 6.45) is 3.50. The van der Waals surface area contributed by atoms with Crippen molar-refractivity contribution in [3.8, 4) is 0 Å². The zero-order valence-electron chi connectivity index (χ0n) is 10.2. The van der Waals surface area contributed by atoms with Crippen molar-refractivity contribution in [3.05, 3.63) is 29.6 Å². The fourth-order valence-corrected chi connectivity index (χ4v) is 1.78. The monoisotopic (exact) mass is 251 g/mol. The molecule has 0 unspecified atom stereocenters. The average molecular weight is 251 g/mol. The van der Waals surface area contributed by atoms with E-state index >= 15 is 0 Å². The smallest absolute Gasteiger partial charge is 0.250 e. The molecular formula is C13H18FN3O. The third-order valence-electron chi connectivity index (χ3n) is 2.93. The number of primary amides is 1. The van der Waals surface area contributed by atoms with Crippen LogP contribution < -0.4 is 16.4 Å². The maximum atomic E-state index is 13.0. The topological polar surface area (TPSA) is 67.2 Å². The second kappa shape index (κ2) is 5.82. The van der Waals surface area contributed by atoms with Gasteiger partial charge in [0.15, 0.2) is 0 Å². The van der Waals surface area contributed by atoms with Gasteiger partial charge in [0, 0.05) is 18.3 Å². The first-order chi connectivity index (χ1) is 8.66. The number of anilines is 1. The van der Waals surface area contributed by atoms with Crippen LogP contribution in [0.4, 0.5) is 10.1 Å². The van der Waals surface area contributed by atoms with Crippen LogP contribution in [-0.2, 0) is 0 Å². The lowest BCUT2D eigenvalue weighted by molar-refractivity contribution is 0.100. The van der Waals surface area contributed by atoms with Crippen molar-refractivity contribution in [2.75, 3.05) is 18.4 Å². The van der Waals surface area contributed by atoms with Crippen LogP contribution in [0, 0.1) is 5.82 Å². The summed E-state index contributed by atoms with van der Waals surface area (Å²) < 4.78 is 13.0. The molecule has 18 heavy (non-hydrogen) atoms. The van der Waals surface area contributed by atoms with E-state index in [1.165, 1.54) is 18.9 Å². The Hall–Kier alpha value is -1.62. The number of carbonyl (C=O) groups is 1. The van der Waals surface area contributed by atoms with Crippen molar-refractivity contribution in [3.63, 3.8) is 0 Å². The van der Waals surface area contributed by atoms with Gasteiger partial charge in [-0.05, 0) is 44.0 Å². The number of nitrogens with two attached hydrogens (primary N) is 1. The van der Waals surface area contributed by atoms with E-state index in [0.29, 0.717) is 11.7 Å². The highest BCUT2D eigenvalue weighted by molar-refractivity contribution is 5.98. The number of amides is 1. The quantitative estimate of drug-likeness (QED) is 0.643. The maximum absolute atomic E-state index is 13.0.